The molecule has 0 amide bonds. The summed E-state index contributed by atoms with van der Waals surface area (Å²) in [6.45, 7) is 0.00461. The third kappa shape index (κ3) is 3.66. The molecule has 4 rings (SSSR count). The minimum atomic E-state index is -4.16. The number of benzene rings is 2. The molecule has 2 heterocycles. The summed E-state index contributed by atoms with van der Waals surface area (Å²) in [7, 11) is -4.16. The monoisotopic (exact) mass is 420 g/mol. The van der Waals surface area contributed by atoms with E-state index in [9.17, 15) is 17.2 Å². The van der Waals surface area contributed by atoms with Crippen molar-refractivity contribution in [2.75, 3.05) is 6.54 Å². The lowest BCUT2D eigenvalue weighted by Gasteiger charge is -2.07. The van der Waals surface area contributed by atoms with Crippen LogP contribution in [0.3, 0.4) is 0 Å². The zero-order valence-corrected chi connectivity index (χ0v) is 16.0. The van der Waals surface area contributed by atoms with Gasteiger partial charge in [-0.3, -0.25) is 0 Å². The van der Waals surface area contributed by atoms with Crippen LogP contribution in [-0.2, 0) is 16.4 Å². The summed E-state index contributed by atoms with van der Waals surface area (Å²) < 4.78 is 55.4. The first-order valence-corrected chi connectivity index (χ1v) is 10.6. The fourth-order valence-corrected chi connectivity index (χ4v) is 4.66. The Morgan fingerprint density at radius 2 is 1.89 bits per heavy atom. The van der Waals surface area contributed by atoms with Crippen molar-refractivity contribution in [2.45, 2.75) is 11.3 Å². The molecule has 10 heteroatoms. The second kappa shape index (κ2) is 7.38. The molecule has 0 aliphatic heterocycles. The quantitative estimate of drug-likeness (QED) is 0.520. The standard InChI is InChI=1S/C18H14F2N4O2S2/c19-13-6-7-15(20)16(10-13)28(25,26)21-9-8-14-11-27-18-22-17(23-24(14)18)12-4-2-1-3-5-12/h1-7,10-11,21H,8-9H2. The Morgan fingerprint density at radius 3 is 2.68 bits per heavy atom. The van der Waals surface area contributed by atoms with Crippen LogP contribution >= 0.6 is 11.3 Å². The predicted octanol–water partition coefficient (Wildman–Crippen LogP) is 3.26. The number of thiazole rings is 1. The van der Waals surface area contributed by atoms with Crippen molar-refractivity contribution in [3.63, 3.8) is 0 Å². The van der Waals surface area contributed by atoms with Crippen LogP contribution in [0.5, 0.6) is 0 Å². The fourth-order valence-electron chi connectivity index (χ4n) is 2.68. The van der Waals surface area contributed by atoms with Gasteiger partial charge in [0.2, 0.25) is 15.0 Å². The van der Waals surface area contributed by atoms with Gasteiger partial charge in [0.25, 0.3) is 0 Å². The largest absolute Gasteiger partial charge is 0.243 e. The van der Waals surface area contributed by atoms with Crippen molar-refractivity contribution in [3.05, 3.63) is 71.2 Å². The van der Waals surface area contributed by atoms with Gasteiger partial charge in [-0.05, 0) is 18.2 Å². The minimum absolute atomic E-state index is 0.00461. The number of sulfonamides is 1. The smallest absolute Gasteiger partial charge is 0.211 e. The second-order valence-corrected chi connectivity index (χ2v) is 8.52. The Hall–Kier alpha value is -2.69. The molecule has 0 radical (unpaired) electrons. The zero-order valence-electron chi connectivity index (χ0n) is 14.3. The number of fused-ring (bicyclic) bond motifs is 1. The summed E-state index contributed by atoms with van der Waals surface area (Å²) in [4.78, 5) is 4.44. The maximum absolute atomic E-state index is 13.7. The van der Waals surface area contributed by atoms with Crippen LogP contribution in [0.4, 0.5) is 8.78 Å². The summed E-state index contributed by atoms with van der Waals surface area (Å²) >= 11 is 1.39. The Kier molecular flexibility index (Phi) is 4.92. The zero-order chi connectivity index (χ0) is 19.7. The molecule has 0 aliphatic carbocycles. The molecule has 1 N–H and O–H groups in total. The van der Waals surface area contributed by atoms with Crippen LogP contribution in [0.1, 0.15) is 5.69 Å². The molecular weight excluding hydrogens is 406 g/mol. The first-order chi connectivity index (χ1) is 13.4. The highest BCUT2D eigenvalue weighted by atomic mass is 32.2. The summed E-state index contributed by atoms with van der Waals surface area (Å²) in [6.07, 6.45) is 0.313. The van der Waals surface area contributed by atoms with Crippen molar-refractivity contribution >= 4 is 26.3 Å². The molecule has 0 aliphatic rings. The Labute approximate surface area is 163 Å². The Morgan fingerprint density at radius 1 is 1.11 bits per heavy atom. The number of hydrogen-bond acceptors (Lipinski definition) is 5. The van der Waals surface area contributed by atoms with Crippen LogP contribution in [0.15, 0.2) is 58.8 Å². The first kappa shape index (κ1) is 18.7. The van der Waals surface area contributed by atoms with Gasteiger partial charge >= 0.3 is 0 Å². The predicted molar refractivity (Wildman–Crippen MR) is 102 cm³/mol. The van der Waals surface area contributed by atoms with E-state index in [-0.39, 0.29) is 6.54 Å². The molecule has 6 nitrogen and oxygen atoms in total. The van der Waals surface area contributed by atoms with Crippen molar-refractivity contribution in [2.24, 2.45) is 0 Å². The topological polar surface area (TPSA) is 76.4 Å². The molecule has 2 aromatic carbocycles. The molecule has 0 unspecified atom stereocenters. The molecule has 2 aromatic heterocycles. The lowest BCUT2D eigenvalue weighted by atomic mass is 10.2. The highest BCUT2D eigenvalue weighted by molar-refractivity contribution is 7.89. The SMILES string of the molecule is O=S(=O)(NCCc1csc2nc(-c3ccccc3)nn12)c1cc(F)ccc1F. The average Bonchev–Trinajstić information content (AvgIpc) is 3.26. The summed E-state index contributed by atoms with van der Waals surface area (Å²) in [6, 6.07) is 11.8. The maximum atomic E-state index is 13.7. The molecule has 0 saturated heterocycles. The number of hydrogen-bond donors (Lipinski definition) is 1. The Balaban J connectivity index is 1.50. The molecule has 0 saturated carbocycles. The van der Waals surface area contributed by atoms with Crippen molar-refractivity contribution in [1.82, 2.24) is 19.3 Å². The van der Waals surface area contributed by atoms with Crippen LogP contribution in [0.2, 0.25) is 0 Å². The van der Waals surface area contributed by atoms with Gasteiger partial charge in [-0.25, -0.2) is 26.4 Å². The van der Waals surface area contributed by atoms with E-state index >= 15 is 0 Å². The number of halogens is 2. The summed E-state index contributed by atoms with van der Waals surface area (Å²) in [5.74, 6) is -1.25. The number of rotatable bonds is 6. The van der Waals surface area contributed by atoms with Gasteiger partial charge in [0.1, 0.15) is 16.5 Å². The van der Waals surface area contributed by atoms with E-state index in [0.717, 1.165) is 23.4 Å². The van der Waals surface area contributed by atoms with Gasteiger partial charge in [-0.2, -0.15) is 4.98 Å². The number of nitrogens with zero attached hydrogens (tertiary/aromatic N) is 3. The van der Waals surface area contributed by atoms with Gasteiger partial charge in [0.05, 0.1) is 5.69 Å². The van der Waals surface area contributed by atoms with E-state index < -0.39 is 26.6 Å². The van der Waals surface area contributed by atoms with E-state index in [1.807, 2.05) is 35.7 Å². The molecule has 0 spiro atoms. The van der Waals surface area contributed by atoms with Crippen LogP contribution in [0, 0.1) is 11.6 Å². The van der Waals surface area contributed by atoms with Gasteiger partial charge in [0, 0.05) is 23.9 Å². The average molecular weight is 420 g/mol. The van der Waals surface area contributed by atoms with Gasteiger partial charge in [-0.1, -0.05) is 30.3 Å². The highest BCUT2D eigenvalue weighted by Crippen LogP contribution is 2.21. The fraction of sp³-hybridized carbons (Fsp3) is 0.111. The normalized spacial score (nSPS) is 11.9. The van der Waals surface area contributed by atoms with E-state index in [0.29, 0.717) is 23.3 Å². The maximum Gasteiger partial charge on any atom is 0.243 e. The van der Waals surface area contributed by atoms with Gasteiger partial charge in [-0.15, -0.1) is 16.4 Å². The third-order valence-corrected chi connectivity index (χ3v) is 6.38. The lowest BCUT2D eigenvalue weighted by molar-refractivity contribution is 0.545. The molecule has 28 heavy (non-hydrogen) atoms. The first-order valence-electron chi connectivity index (χ1n) is 8.27. The van der Waals surface area contributed by atoms with Gasteiger partial charge in [0.15, 0.2) is 5.82 Å². The molecule has 144 valence electrons. The molecule has 0 fully saturated rings. The molecule has 4 aromatic rings. The van der Waals surface area contributed by atoms with E-state index in [1.54, 1.807) is 4.52 Å². The Bertz CT molecular complexity index is 1240. The molecular formula is C18H14F2N4O2S2. The van der Waals surface area contributed by atoms with Crippen LogP contribution in [0.25, 0.3) is 16.3 Å². The molecule has 0 bridgehead atoms. The lowest BCUT2D eigenvalue weighted by Crippen LogP contribution is -2.27. The van der Waals surface area contributed by atoms with Crippen molar-refractivity contribution in [3.8, 4) is 11.4 Å². The van der Waals surface area contributed by atoms with Crippen molar-refractivity contribution < 1.29 is 17.2 Å². The van der Waals surface area contributed by atoms with E-state index in [2.05, 4.69) is 14.8 Å². The number of aromatic nitrogens is 3. The minimum Gasteiger partial charge on any atom is -0.211 e. The second-order valence-electron chi connectivity index (χ2n) is 5.95. The molecule has 0 atom stereocenters. The van der Waals surface area contributed by atoms with E-state index in [4.69, 9.17) is 0 Å². The van der Waals surface area contributed by atoms with E-state index in [1.165, 1.54) is 11.3 Å². The van der Waals surface area contributed by atoms with Gasteiger partial charge < -0.3 is 0 Å². The summed E-state index contributed by atoms with van der Waals surface area (Å²) in [5, 5.41) is 6.31. The third-order valence-electron chi connectivity index (χ3n) is 4.04. The summed E-state index contributed by atoms with van der Waals surface area (Å²) in [5.41, 5.74) is 1.64. The highest BCUT2D eigenvalue weighted by Gasteiger charge is 2.20. The van der Waals surface area contributed by atoms with Crippen LogP contribution < -0.4 is 4.72 Å². The number of nitrogens with one attached hydrogen (secondary N) is 1. The van der Waals surface area contributed by atoms with Crippen LogP contribution in [-0.4, -0.2) is 29.6 Å². The van der Waals surface area contributed by atoms with Crippen molar-refractivity contribution in [1.29, 1.82) is 0 Å².